The first-order valence-electron chi connectivity index (χ1n) is 5.77. The molecule has 0 saturated heterocycles. The lowest BCUT2D eigenvalue weighted by Crippen LogP contribution is -2.00. The number of benzene rings is 2. The summed E-state index contributed by atoms with van der Waals surface area (Å²) < 4.78 is 5.35. The maximum Gasteiger partial charge on any atom is 0.312 e. The van der Waals surface area contributed by atoms with Crippen LogP contribution in [0.25, 0.3) is 0 Å². The Balaban J connectivity index is 2.18. The van der Waals surface area contributed by atoms with Crippen LogP contribution in [0.15, 0.2) is 42.5 Å². The zero-order valence-corrected chi connectivity index (χ0v) is 11.3. The van der Waals surface area contributed by atoms with Crippen LogP contribution in [0.5, 0.6) is 5.75 Å². The van der Waals surface area contributed by atoms with Crippen LogP contribution < -0.4 is 4.74 Å². The third kappa shape index (κ3) is 3.67. The van der Waals surface area contributed by atoms with Crippen LogP contribution in [-0.4, -0.2) is 9.85 Å². The van der Waals surface area contributed by atoms with E-state index in [4.69, 9.17) is 16.3 Å². The molecule has 108 valence electrons. The average Bonchev–Trinajstić information content (AvgIpc) is 2.46. The van der Waals surface area contributed by atoms with Crippen molar-refractivity contribution in [1.29, 1.82) is 0 Å². The van der Waals surface area contributed by atoms with Gasteiger partial charge >= 0.3 is 5.69 Å². The van der Waals surface area contributed by atoms with Crippen LogP contribution in [0.1, 0.15) is 5.56 Å². The van der Waals surface area contributed by atoms with Crippen molar-refractivity contribution >= 4 is 23.0 Å². The highest BCUT2D eigenvalue weighted by Crippen LogP contribution is 2.30. The summed E-state index contributed by atoms with van der Waals surface area (Å²) in [5.41, 5.74) is 0.211. The number of ether oxygens (including phenoxy) is 1. The van der Waals surface area contributed by atoms with Gasteiger partial charge in [0, 0.05) is 23.2 Å². The minimum absolute atomic E-state index is 0.0237. The number of halogens is 1. The van der Waals surface area contributed by atoms with Crippen LogP contribution >= 0.6 is 11.6 Å². The Morgan fingerprint density at radius 2 is 1.81 bits per heavy atom. The standard InChI is InChI=1S/C13H9ClN2O5/c14-10-4-5-13(12(7-10)16(19)20)21-8-9-2-1-3-11(6-9)15(17)18/h1-7H,8H2. The SMILES string of the molecule is O=[N+]([O-])c1cccc(COc2ccc(Cl)cc2[N+](=O)[O-])c1. The van der Waals surface area contributed by atoms with Crippen molar-refractivity contribution in [3.05, 3.63) is 73.3 Å². The van der Waals surface area contributed by atoms with E-state index in [0.29, 0.717) is 5.56 Å². The fourth-order valence-electron chi connectivity index (χ4n) is 1.68. The van der Waals surface area contributed by atoms with Gasteiger partial charge in [0.2, 0.25) is 0 Å². The van der Waals surface area contributed by atoms with Crippen molar-refractivity contribution < 1.29 is 14.6 Å². The second-order valence-corrected chi connectivity index (χ2v) is 4.52. The van der Waals surface area contributed by atoms with Crippen molar-refractivity contribution in [2.75, 3.05) is 0 Å². The molecule has 0 amide bonds. The van der Waals surface area contributed by atoms with E-state index in [1.807, 2.05) is 0 Å². The Morgan fingerprint density at radius 1 is 1.05 bits per heavy atom. The first kappa shape index (κ1) is 14.7. The molecule has 0 heterocycles. The van der Waals surface area contributed by atoms with Crippen LogP contribution in [0, 0.1) is 20.2 Å². The Morgan fingerprint density at radius 3 is 2.48 bits per heavy atom. The van der Waals surface area contributed by atoms with E-state index in [1.54, 1.807) is 6.07 Å². The molecular formula is C13H9ClN2O5. The summed E-state index contributed by atoms with van der Waals surface area (Å²) in [4.78, 5) is 20.5. The van der Waals surface area contributed by atoms with E-state index < -0.39 is 9.85 Å². The lowest BCUT2D eigenvalue weighted by Gasteiger charge is -2.07. The third-order valence-corrected chi connectivity index (χ3v) is 2.87. The lowest BCUT2D eigenvalue weighted by molar-refractivity contribution is -0.385. The first-order valence-corrected chi connectivity index (χ1v) is 6.15. The number of nitrogens with zero attached hydrogens (tertiary/aromatic N) is 2. The average molecular weight is 309 g/mol. The number of rotatable bonds is 5. The molecule has 2 aromatic rings. The van der Waals surface area contributed by atoms with Gasteiger partial charge in [-0.3, -0.25) is 20.2 Å². The van der Waals surface area contributed by atoms with Crippen LogP contribution in [0.4, 0.5) is 11.4 Å². The molecule has 0 radical (unpaired) electrons. The van der Waals surface area contributed by atoms with Gasteiger partial charge in [-0.15, -0.1) is 0 Å². The molecule has 2 aromatic carbocycles. The van der Waals surface area contributed by atoms with Crippen molar-refractivity contribution in [3.63, 3.8) is 0 Å². The summed E-state index contributed by atoms with van der Waals surface area (Å²) in [5, 5.41) is 21.8. The summed E-state index contributed by atoms with van der Waals surface area (Å²) >= 11 is 5.70. The number of nitro groups is 2. The van der Waals surface area contributed by atoms with Crippen molar-refractivity contribution in [3.8, 4) is 5.75 Å². The minimum Gasteiger partial charge on any atom is -0.482 e. The van der Waals surface area contributed by atoms with Gasteiger partial charge < -0.3 is 4.74 Å². The molecule has 0 aliphatic carbocycles. The molecule has 0 aliphatic rings. The monoisotopic (exact) mass is 308 g/mol. The van der Waals surface area contributed by atoms with Gasteiger partial charge in [0.25, 0.3) is 5.69 Å². The topological polar surface area (TPSA) is 95.5 Å². The van der Waals surface area contributed by atoms with Crippen molar-refractivity contribution in [2.45, 2.75) is 6.61 Å². The molecule has 2 rings (SSSR count). The molecule has 21 heavy (non-hydrogen) atoms. The second-order valence-electron chi connectivity index (χ2n) is 4.08. The summed E-state index contributed by atoms with van der Waals surface area (Å²) in [5.74, 6) is 0.0518. The quantitative estimate of drug-likeness (QED) is 0.619. The van der Waals surface area contributed by atoms with E-state index in [1.165, 1.54) is 36.4 Å². The van der Waals surface area contributed by atoms with Gasteiger partial charge in [0.05, 0.1) is 9.85 Å². The minimum atomic E-state index is -0.603. The molecule has 0 saturated carbocycles. The van der Waals surface area contributed by atoms with Crippen molar-refractivity contribution in [1.82, 2.24) is 0 Å². The molecule has 0 aromatic heterocycles. The molecule has 0 aliphatic heterocycles. The predicted molar refractivity (Wildman–Crippen MR) is 75.5 cm³/mol. The van der Waals surface area contributed by atoms with Crippen molar-refractivity contribution in [2.24, 2.45) is 0 Å². The largest absolute Gasteiger partial charge is 0.482 e. The zero-order valence-electron chi connectivity index (χ0n) is 10.6. The van der Waals surface area contributed by atoms with E-state index >= 15 is 0 Å². The molecule has 0 spiro atoms. The predicted octanol–water partition coefficient (Wildman–Crippen LogP) is 3.74. The summed E-state index contributed by atoms with van der Waals surface area (Å²) in [6.07, 6.45) is 0. The van der Waals surface area contributed by atoms with Gasteiger partial charge in [0.15, 0.2) is 5.75 Å². The van der Waals surface area contributed by atoms with Crippen LogP contribution in [-0.2, 0) is 6.61 Å². The highest BCUT2D eigenvalue weighted by Gasteiger charge is 2.16. The van der Waals surface area contributed by atoms with Gasteiger partial charge in [0.1, 0.15) is 6.61 Å². The molecule has 0 unspecified atom stereocenters. The molecule has 8 heteroatoms. The fraction of sp³-hybridized carbons (Fsp3) is 0.0769. The van der Waals surface area contributed by atoms with Crippen LogP contribution in [0.2, 0.25) is 5.02 Å². The first-order chi connectivity index (χ1) is 9.97. The van der Waals surface area contributed by atoms with E-state index in [2.05, 4.69) is 0 Å². The molecular weight excluding hydrogens is 300 g/mol. The van der Waals surface area contributed by atoms with E-state index in [-0.39, 0.29) is 28.8 Å². The Bertz CT molecular complexity index is 705. The summed E-state index contributed by atoms with van der Waals surface area (Å²) in [6.45, 7) is -0.0237. The Hall–Kier alpha value is -2.67. The van der Waals surface area contributed by atoms with Gasteiger partial charge in [-0.05, 0) is 17.7 Å². The lowest BCUT2D eigenvalue weighted by atomic mass is 10.2. The summed E-state index contributed by atoms with van der Waals surface area (Å²) in [7, 11) is 0. The number of hydrogen-bond donors (Lipinski definition) is 0. The zero-order chi connectivity index (χ0) is 15.4. The molecule has 0 bridgehead atoms. The van der Waals surface area contributed by atoms with Gasteiger partial charge in [-0.2, -0.15) is 0 Å². The highest BCUT2D eigenvalue weighted by molar-refractivity contribution is 6.30. The second kappa shape index (κ2) is 6.19. The number of hydrogen-bond acceptors (Lipinski definition) is 5. The molecule has 0 N–H and O–H groups in total. The summed E-state index contributed by atoms with van der Waals surface area (Å²) in [6, 6.07) is 9.90. The fourth-order valence-corrected chi connectivity index (χ4v) is 1.84. The van der Waals surface area contributed by atoms with Crippen LogP contribution in [0.3, 0.4) is 0 Å². The maximum atomic E-state index is 10.9. The van der Waals surface area contributed by atoms with E-state index in [9.17, 15) is 20.2 Å². The Kier molecular flexibility index (Phi) is 4.34. The van der Waals surface area contributed by atoms with Gasteiger partial charge in [-0.1, -0.05) is 23.7 Å². The van der Waals surface area contributed by atoms with E-state index in [0.717, 1.165) is 0 Å². The molecule has 0 fully saturated rings. The third-order valence-electron chi connectivity index (χ3n) is 2.63. The molecule has 7 nitrogen and oxygen atoms in total. The number of nitro benzene ring substituents is 2. The Labute approximate surface area is 124 Å². The maximum absolute atomic E-state index is 10.9. The smallest absolute Gasteiger partial charge is 0.312 e. The normalized spacial score (nSPS) is 10.1. The van der Waals surface area contributed by atoms with Gasteiger partial charge in [-0.25, -0.2) is 0 Å². The number of non-ortho nitro benzene ring substituents is 1. The highest BCUT2D eigenvalue weighted by atomic mass is 35.5. The molecule has 0 atom stereocenters.